The summed E-state index contributed by atoms with van der Waals surface area (Å²) >= 11 is 0. The van der Waals surface area contributed by atoms with Crippen molar-refractivity contribution in [2.45, 2.75) is 25.7 Å². The number of ether oxygens (including phenoxy) is 1. The van der Waals surface area contributed by atoms with Gasteiger partial charge in [0.15, 0.2) is 0 Å². The van der Waals surface area contributed by atoms with Crippen LogP contribution in [0.1, 0.15) is 25.7 Å². The van der Waals surface area contributed by atoms with Crippen molar-refractivity contribution in [3.8, 4) is 5.75 Å². The molecule has 124 valence electrons. The predicted octanol–water partition coefficient (Wildman–Crippen LogP) is 2.14. The summed E-state index contributed by atoms with van der Waals surface area (Å²) < 4.78 is 5.37. The number of fused-ring (bicyclic) bond motifs is 1. The monoisotopic (exact) mass is 317 g/mol. The van der Waals surface area contributed by atoms with Crippen LogP contribution in [-0.2, 0) is 4.79 Å². The number of carbonyl (C=O) groups excluding carboxylic acids is 1. The lowest BCUT2D eigenvalue weighted by atomic mass is 10.2. The number of rotatable bonds is 9. The molecule has 1 aromatic heterocycles. The average molecular weight is 317 g/mol. The second-order valence-electron chi connectivity index (χ2n) is 5.21. The zero-order valence-corrected chi connectivity index (χ0v) is 13.6. The molecule has 7 nitrogen and oxygen atoms in total. The molecular weight excluding hydrogens is 294 g/mol. The summed E-state index contributed by atoms with van der Waals surface area (Å²) in [6.45, 7) is 0.739. The Bertz CT molecular complexity index is 675. The van der Waals surface area contributed by atoms with Gasteiger partial charge in [-0.05, 0) is 25.0 Å². The van der Waals surface area contributed by atoms with E-state index in [9.17, 15) is 4.79 Å². The number of nitrogens with zero attached hydrogens (tertiary/aromatic N) is 2. The van der Waals surface area contributed by atoms with Crippen LogP contribution in [-0.4, -0.2) is 36.6 Å². The molecule has 1 amide bonds. The summed E-state index contributed by atoms with van der Waals surface area (Å²) in [6.07, 6.45) is 3.11. The smallest absolute Gasteiger partial charge is 0.225 e. The van der Waals surface area contributed by atoms with Crippen LogP contribution in [0.25, 0.3) is 10.9 Å². The Kier molecular flexibility index (Phi) is 5.96. The lowest BCUT2D eigenvalue weighted by molar-refractivity contribution is -0.118. The van der Waals surface area contributed by atoms with Crippen LogP contribution < -0.4 is 21.1 Å². The van der Waals surface area contributed by atoms with E-state index in [1.54, 1.807) is 7.11 Å². The van der Waals surface area contributed by atoms with Crippen LogP contribution in [0.3, 0.4) is 0 Å². The van der Waals surface area contributed by atoms with Crippen molar-refractivity contribution in [1.29, 1.82) is 0 Å². The maximum atomic E-state index is 10.7. The number of para-hydroxylation sites is 1. The Hall–Kier alpha value is -2.57. The summed E-state index contributed by atoms with van der Waals surface area (Å²) in [6, 6.07) is 5.75. The Morgan fingerprint density at radius 2 is 2.09 bits per heavy atom. The molecular formula is C16H23N5O2. The number of anilines is 2. The van der Waals surface area contributed by atoms with E-state index in [1.807, 2.05) is 25.2 Å². The number of benzene rings is 1. The molecule has 0 aliphatic rings. The minimum absolute atomic E-state index is 0.249. The standard InChI is InChI=1S/C16H23N5O2/c1-18-15-11-7-6-8-12(23-2)14(11)20-16(21-15)19-10-5-3-4-9-13(17)22/h6-8H,3-5,9-10H2,1-2H3,(H2,17,22)(H2,18,19,20,21). The SMILES string of the molecule is CNc1nc(NCCCCCC(N)=O)nc2c(OC)cccc12. The molecule has 0 fully saturated rings. The van der Waals surface area contributed by atoms with Crippen molar-refractivity contribution in [3.63, 3.8) is 0 Å². The number of unbranched alkanes of at least 4 members (excludes halogenated alkanes) is 2. The van der Waals surface area contributed by atoms with Gasteiger partial charge in [-0.25, -0.2) is 4.98 Å². The first kappa shape index (κ1) is 16.8. The highest BCUT2D eigenvalue weighted by atomic mass is 16.5. The van der Waals surface area contributed by atoms with Gasteiger partial charge in [0, 0.05) is 25.4 Å². The molecule has 2 aromatic rings. The Balaban J connectivity index is 2.04. The Morgan fingerprint density at radius 3 is 2.78 bits per heavy atom. The maximum Gasteiger partial charge on any atom is 0.225 e. The molecule has 0 saturated carbocycles. The highest BCUT2D eigenvalue weighted by Crippen LogP contribution is 2.28. The molecule has 0 saturated heterocycles. The van der Waals surface area contributed by atoms with Gasteiger partial charge in [-0.15, -0.1) is 0 Å². The van der Waals surface area contributed by atoms with E-state index >= 15 is 0 Å². The molecule has 0 radical (unpaired) electrons. The first-order valence-electron chi connectivity index (χ1n) is 7.70. The van der Waals surface area contributed by atoms with E-state index in [0.717, 1.165) is 42.5 Å². The number of amides is 1. The van der Waals surface area contributed by atoms with Gasteiger partial charge < -0.3 is 21.1 Å². The van der Waals surface area contributed by atoms with Gasteiger partial charge in [0.1, 0.15) is 17.1 Å². The van der Waals surface area contributed by atoms with Gasteiger partial charge in [-0.1, -0.05) is 12.5 Å². The summed E-state index contributed by atoms with van der Waals surface area (Å²) in [5.74, 6) is 1.78. The molecule has 0 spiro atoms. The van der Waals surface area contributed by atoms with Gasteiger partial charge in [0.2, 0.25) is 11.9 Å². The molecule has 0 unspecified atom stereocenters. The van der Waals surface area contributed by atoms with E-state index in [-0.39, 0.29) is 5.91 Å². The van der Waals surface area contributed by atoms with E-state index in [2.05, 4.69) is 20.6 Å². The second-order valence-corrected chi connectivity index (χ2v) is 5.21. The highest BCUT2D eigenvalue weighted by molar-refractivity contribution is 5.93. The Labute approximate surface area is 135 Å². The van der Waals surface area contributed by atoms with Crippen LogP contribution in [0.5, 0.6) is 5.75 Å². The third-order valence-electron chi connectivity index (χ3n) is 3.53. The quantitative estimate of drug-likeness (QED) is 0.612. The number of nitrogens with one attached hydrogen (secondary N) is 2. The fraction of sp³-hybridized carbons (Fsp3) is 0.438. The third kappa shape index (κ3) is 4.45. The number of primary amides is 1. The van der Waals surface area contributed by atoms with E-state index in [0.29, 0.717) is 18.1 Å². The largest absolute Gasteiger partial charge is 0.494 e. The number of methoxy groups -OCH3 is 1. The summed E-state index contributed by atoms with van der Waals surface area (Å²) in [5, 5.41) is 7.22. The van der Waals surface area contributed by atoms with Crippen LogP contribution >= 0.6 is 0 Å². The van der Waals surface area contributed by atoms with Crippen molar-refractivity contribution in [2.75, 3.05) is 31.3 Å². The first-order chi connectivity index (χ1) is 11.2. The number of carbonyl (C=O) groups is 1. The van der Waals surface area contributed by atoms with Gasteiger partial charge >= 0.3 is 0 Å². The third-order valence-corrected chi connectivity index (χ3v) is 3.53. The highest BCUT2D eigenvalue weighted by Gasteiger charge is 2.10. The summed E-state index contributed by atoms with van der Waals surface area (Å²) in [5.41, 5.74) is 5.89. The van der Waals surface area contributed by atoms with Crippen LogP contribution in [0.4, 0.5) is 11.8 Å². The van der Waals surface area contributed by atoms with E-state index in [4.69, 9.17) is 10.5 Å². The molecule has 1 heterocycles. The molecule has 2 rings (SSSR count). The van der Waals surface area contributed by atoms with Gasteiger partial charge in [-0.2, -0.15) is 4.98 Å². The average Bonchev–Trinajstić information content (AvgIpc) is 2.56. The topological polar surface area (TPSA) is 102 Å². The normalized spacial score (nSPS) is 10.5. The number of hydrogen-bond donors (Lipinski definition) is 3. The second kappa shape index (κ2) is 8.17. The molecule has 4 N–H and O–H groups in total. The fourth-order valence-electron chi connectivity index (χ4n) is 2.36. The van der Waals surface area contributed by atoms with Crippen molar-refractivity contribution in [2.24, 2.45) is 5.73 Å². The maximum absolute atomic E-state index is 10.7. The van der Waals surface area contributed by atoms with E-state index < -0.39 is 0 Å². The molecule has 0 aliphatic carbocycles. The zero-order valence-electron chi connectivity index (χ0n) is 13.6. The number of nitrogens with two attached hydrogens (primary N) is 1. The predicted molar refractivity (Wildman–Crippen MR) is 91.8 cm³/mol. The molecule has 1 aromatic carbocycles. The van der Waals surface area contributed by atoms with Gasteiger partial charge in [0.05, 0.1) is 7.11 Å². The zero-order chi connectivity index (χ0) is 16.7. The number of hydrogen-bond acceptors (Lipinski definition) is 6. The molecule has 0 atom stereocenters. The minimum atomic E-state index is -0.249. The van der Waals surface area contributed by atoms with Gasteiger partial charge in [-0.3, -0.25) is 4.79 Å². The van der Waals surface area contributed by atoms with Crippen molar-refractivity contribution < 1.29 is 9.53 Å². The van der Waals surface area contributed by atoms with Crippen LogP contribution in [0, 0.1) is 0 Å². The molecule has 7 heteroatoms. The first-order valence-corrected chi connectivity index (χ1v) is 7.70. The van der Waals surface area contributed by atoms with Crippen molar-refractivity contribution in [3.05, 3.63) is 18.2 Å². The van der Waals surface area contributed by atoms with Crippen molar-refractivity contribution >= 4 is 28.6 Å². The summed E-state index contributed by atoms with van der Waals surface area (Å²) in [7, 11) is 3.45. The summed E-state index contributed by atoms with van der Waals surface area (Å²) in [4.78, 5) is 19.7. The minimum Gasteiger partial charge on any atom is -0.494 e. The number of aromatic nitrogens is 2. The van der Waals surface area contributed by atoms with Crippen LogP contribution in [0.15, 0.2) is 18.2 Å². The van der Waals surface area contributed by atoms with Crippen molar-refractivity contribution in [1.82, 2.24) is 9.97 Å². The molecule has 0 bridgehead atoms. The van der Waals surface area contributed by atoms with Gasteiger partial charge in [0.25, 0.3) is 0 Å². The molecule has 23 heavy (non-hydrogen) atoms. The lowest BCUT2D eigenvalue weighted by Gasteiger charge is -2.11. The fourth-order valence-corrected chi connectivity index (χ4v) is 2.36. The van der Waals surface area contributed by atoms with E-state index in [1.165, 1.54) is 0 Å². The lowest BCUT2D eigenvalue weighted by Crippen LogP contribution is -2.10. The van der Waals surface area contributed by atoms with Crippen LogP contribution in [0.2, 0.25) is 0 Å². The molecule has 0 aliphatic heterocycles. The Morgan fingerprint density at radius 1 is 1.26 bits per heavy atom.